The van der Waals surface area contributed by atoms with Crippen LogP contribution >= 0.6 is 23.1 Å². The van der Waals surface area contributed by atoms with E-state index in [4.69, 9.17) is 0 Å². The quantitative estimate of drug-likeness (QED) is 0.773. The van der Waals surface area contributed by atoms with Gasteiger partial charge in [0, 0.05) is 17.5 Å². The lowest BCUT2D eigenvalue weighted by atomic mass is 10.5. The Balaban J connectivity index is 1.98. The minimum absolute atomic E-state index is 0.103. The summed E-state index contributed by atoms with van der Waals surface area (Å²) in [7, 11) is 0. The van der Waals surface area contributed by atoms with E-state index in [2.05, 4.69) is 20.4 Å². The van der Waals surface area contributed by atoms with E-state index in [-0.39, 0.29) is 5.56 Å². The molecule has 2 aromatic heterocycles. The van der Waals surface area contributed by atoms with Gasteiger partial charge in [0.15, 0.2) is 4.34 Å². The molecule has 7 heteroatoms. The molecule has 2 N–H and O–H groups in total. The Hall–Kier alpha value is -1.08. The van der Waals surface area contributed by atoms with Crippen molar-refractivity contribution in [3.63, 3.8) is 0 Å². The molecule has 0 saturated heterocycles. The Bertz CT molecular complexity index is 472. The van der Waals surface area contributed by atoms with Gasteiger partial charge in [-0.25, -0.2) is 0 Å². The maximum absolute atomic E-state index is 10.8. The van der Waals surface area contributed by atoms with Crippen LogP contribution < -0.4 is 5.56 Å². The fraction of sp³-hybridized carbons (Fsp3) is 0.286. The number of nitrogens with one attached hydrogen (secondary N) is 2. The molecule has 2 aromatic rings. The fourth-order valence-electron chi connectivity index (χ4n) is 0.926. The number of hydrogen-bond donors (Lipinski definition) is 2. The van der Waals surface area contributed by atoms with E-state index in [9.17, 15) is 4.79 Å². The molecule has 0 aliphatic rings. The molecule has 0 aliphatic heterocycles. The van der Waals surface area contributed by atoms with Gasteiger partial charge in [-0.15, -0.1) is 10.2 Å². The molecule has 0 spiro atoms. The van der Waals surface area contributed by atoms with E-state index < -0.39 is 0 Å². The molecule has 0 fully saturated rings. The maximum Gasteiger partial charge on any atom is 0.264 e. The maximum atomic E-state index is 10.8. The van der Waals surface area contributed by atoms with Crippen molar-refractivity contribution in [3.05, 3.63) is 27.1 Å². The van der Waals surface area contributed by atoms with Crippen molar-refractivity contribution in [2.24, 2.45) is 0 Å². The van der Waals surface area contributed by atoms with E-state index in [0.29, 0.717) is 5.75 Å². The second-order valence-corrected chi connectivity index (χ2v) is 5.06. The average molecular weight is 228 g/mol. The molecule has 0 atom stereocenters. The monoisotopic (exact) mass is 228 g/mol. The summed E-state index contributed by atoms with van der Waals surface area (Å²) in [5.74, 6) is 0.702. The minimum atomic E-state index is -0.103. The van der Waals surface area contributed by atoms with Gasteiger partial charge in [-0.3, -0.25) is 9.89 Å². The lowest BCUT2D eigenvalue weighted by molar-refractivity contribution is 0.980. The molecule has 0 bridgehead atoms. The smallest absolute Gasteiger partial charge is 0.264 e. The first-order valence-corrected chi connectivity index (χ1v) is 5.74. The second kappa shape index (κ2) is 3.97. The zero-order valence-corrected chi connectivity index (χ0v) is 9.04. The summed E-state index contributed by atoms with van der Waals surface area (Å²) in [6, 6.07) is 1.54. The lowest BCUT2D eigenvalue weighted by Gasteiger charge is -1.91. The highest BCUT2D eigenvalue weighted by atomic mass is 32.2. The highest BCUT2D eigenvalue weighted by molar-refractivity contribution is 8.00. The molecule has 0 unspecified atom stereocenters. The summed E-state index contributed by atoms with van der Waals surface area (Å²) >= 11 is 3.11. The molecule has 5 nitrogen and oxygen atoms in total. The normalized spacial score (nSPS) is 10.6. The van der Waals surface area contributed by atoms with Crippen LogP contribution in [0, 0.1) is 6.92 Å². The van der Waals surface area contributed by atoms with Gasteiger partial charge in [-0.1, -0.05) is 23.1 Å². The van der Waals surface area contributed by atoms with E-state index in [1.165, 1.54) is 0 Å². The largest absolute Gasteiger partial charge is 0.301 e. The fourth-order valence-corrected chi connectivity index (χ4v) is 2.65. The van der Waals surface area contributed by atoms with Crippen LogP contribution in [0.2, 0.25) is 0 Å². The van der Waals surface area contributed by atoms with Gasteiger partial charge in [-0.05, 0) is 6.92 Å². The second-order valence-electron chi connectivity index (χ2n) is 2.66. The van der Waals surface area contributed by atoms with Gasteiger partial charge in [0.25, 0.3) is 5.56 Å². The number of rotatable bonds is 3. The van der Waals surface area contributed by atoms with Gasteiger partial charge in [0.1, 0.15) is 5.01 Å². The number of nitrogens with zero attached hydrogens (tertiary/aromatic N) is 2. The first kappa shape index (κ1) is 9.47. The number of H-pyrrole nitrogens is 2. The van der Waals surface area contributed by atoms with Gasteiger partial charge in [0.05, 0.1) is 0 Å². The molecule has 74 valence electrons. The predicted molar refractivity (Wildman–Crippen MR) is 55.6 cm³/mol. The standard InChI is InChI=1S/C7H8N4OS2/c1-4-8-11-7(14-4)13-3-5-2-6(12)10-9-5/h2H,3H2,1H3,(H2,9,10,12). The highest BCUT2D eigenvalue weighted by Crippen LogP contribution is 2.24. The molecule has 0 saturated carbocycles. The summed E-state index contributed by atoms with van der Waals surface area (Å²) in [6.45, 7) is 1.92. The number of aromatic amines is 2. The van der Waals surface area contributed by atoms with Crippen LogP contribution in [0.25, 0.3) is 0 Å². The van der Waals surface area contributed by atoms with Gasteiger partial charge >= 0.3 is 0 Å². The van der Waals surface area contributed by atoms with E-state index in [1.54, 1.807) is 29.2 Å². The van der Waals surface area contributed by atoms with E-state index >= 15 is 0 Å². The molecule has 2 rings (SSSR count). The number of aryl methyl sites for hydroxylation is 1. The lowest BCUT2D eigenvalue weighted by Crippen LogP contribution is -1.93. The van der Waals surface area contributed by atoms with Crippen LogP contribution in [0.15, 0.2) is 15.2 Å². The van der Waals surface area contributed by atoms with Crippen LogP contribution in [0.3, 0.4) is 0 Å². The van der Waals surface area contributed by atoms with Crippen molar-refractivity contribution in [2.45, 2.75) is 17.0 Å². The number of thioether (sulfide) groups is 1. The van der Waals surface area contributed by atoms with Crippen LogP contribution in [0.1, 0.15) is 10.7 Å². The summed E-state index contributed by atoms with van der Waals surface area (Å²) < 4.78 is 0.921. The third kappa shape index (κ3) is 2.24. The summed E-state index contributed by atoms with van der Waals surface area (Å²) in [6.07, 6.45) is 0. The Morgan fingerprint density at radius 1 is 1.50 bits per heavy atom. The molecule has 0 aliphatic carbocycles. The molecular weight excluding hydrogens is 220 g/mol. The SMILES string of the molecule is Cc1nnc(SCc2cc(=O)[nH][nH]2)s1. The van der Waals surface area contributed by atoms with Crippen molar-refractivity contribution < 1.29 is 0 Å². The van der Waals surface area contributed by atoms with Crippen LogP contribution in [0.4, 0.5) is 0 Å². The zero-order valence-electron chi connectivity index (χ0n) is 7.40. The average Bonchev–Trinajstić information content (AvgIpc) is 2.72. The van der Waals surface area contributed by atoms with E-state index in [0.717, 1.165) is 15.0 Å². The van der Waals surface area contributed by atoms with Crippen LogP contribution in [-0.2, 0) is 5.75 Å². The van der Waals surface area contributed by atoms with Crippen LogP contribution in [0.5, 0.6) is 0 Å². The summed E-state index contributed by atoms with van der Waals surface area (Å²) in [4.78, 5) is 10.8. The Morgan fingerprint density at radius 3 is 2.93 bits per heavy atom. The molecule has 14 heavy (non-hydrogen) atoms. The minimum Gasteiger partial charge on any atom is -0.301 e. The molecule has 2 heterocycles. The first-order valence-electron chi connectivity index (χ1n) is 3.93. The van der Waals surface area contributed by atoms with Crippen LogP contribution in [-0.4, -0.2) is 20.4 Å². The van der Waals surface area contributed by atoms with Crippen molar-refractivity contribution in [1.29, 1.82) is 0 Å². The van der Waals surface area contributed by atoms with E-state index in [1.807, 2.05) is 6.92 Å². The third-order valence-corrected chi connectivity index (χ3v) is 3.53. The summed E-state index contributed by atoms with van der Waals surface area (Å²) in [5, 5.41) is 14.1. The Labute approximate surface area is 87.9 Å². The van der Waals surface area contributed by atoms with Gasteiger partial charge in [-0.2, -0.15) is 0 Å². The third-order valence-electron chi connectivity index (χ3n) is 1.51. The van der Waals surface area contributed by atoms with Crippen molar-refractivity contribution in [1.82, 2.24) is 20.4 Å². The van der Waals surface area contributed by atoms with Gasteiger partial charge < -0.3 is 5.10 Å². The molecule has 0 amide bonds. The first-order chi connectivity index (χ1) is 6.74. The highest BCUT2D eigenvalue weighted by Gasteiger charge is 2.02. The Morgan fingerprint density at radius 2 is 2.36 bits per heavy atom. The summed E-state index contributed by atoms with van der Waals surface area (Å²) in [5.41, 5.74) is 0.766. The predicted octanol–water partition coefficient (Wildman–Crippen LogP) is 1.16. The van der Waals surface area contributed by atoms with Crippen molar-refractivity contribution >= 4 is 23.1 Å². The van der Waals surface area contributed by atoms with Crippen molar-refractivity contribution in [2.75, 3.05) is 0 Å². The number of aromatic nitrogens is 4. The van der Waals surface area contributed by atoms with Gasteiger partial charge in [0.2, 0.25) is 0 Å². The number of hydrogen-bond acceptors (Lipinski definition) is 5. The topological polar surface area (TPSA) is 74.4 Å². The molecule has 0 radical (unpaired) electrons. The Kier molecular flexibility index (Phi) is 2.69. The zero-order chi connectivity index (χ0) is 9.97. The molecular formula is C7H8N4OS2. The van der Waals surface area contributed by atoms with Crippen molar-refractivity contribution in [3.8, 4) is 0 Å². The molecule has 0 aromatic carbocycles.